The van der Waals surface area contributed by atoms with Crippen LogP contribution in [0.2, 0.25) is 5.02 Å². The normalized spacial score (nSPS) is 16.3. The second kappa shape index (κ2) is 8.18. The first-order chi connectivity index (χ1) is 12.9. The van der Waals surface area contributed by atoms with E-state index in [1.54, 1.807) is 24.3 Å². The quantitative estimate of drug-likeness (QED) is 0.796. The average molecular weight is 391 g/mol. The summed E-state index contributed by atoms with van der Waals surface area (Å²) in [5, 5.41) is 2.91. The van der Waals surface area contributed by atoms with Gasteiger partial charge < -0.3 is 15.0 Å². The van der Waals surface area contributed by atoms with Crippen molar-refractivity contribution in [2.75, 3.05) is 23.4 Å². The van der Waals surface area contributed by atoms with Gasteiger partial charge in [-0.1, -0.05) is 23.7 Å². The third-order valence-corrected chi connectivity index (χ3v) is 4.42. The number of nitrogens with one attached hydrogen (secondary N) is 1. The number of anilines is 2. The lowest BCUT2D eigenvalue weighted by Crippen LogP contribution is -2.28. The van der Waals surface area contributed by atoms with E-state index in [4.69, 9.17) is 16.3 Å². The Bertz CT molecular complexity index is 872. The largest absolute Gasteiger partial charge is 0.455 e. The Balaban J connectivity index is 1.53. The average Bonchev–Trinajstić information content (AvgIpc) is 3.04. The summed E-state index contributed by atoms with van der Waals surface area (Å²) in [4.78, 5) is 37.6. The maximum Gasteiger partial charge on any atom is 0.311 e. The number of halogens is 2. The minimum absolute atomic E-state index is 0.0255. The van der Waals surface area contributed by atoms with Gasteiger partial charge in [0.05, 0.1) is 16.6 Å². The second-order valence-corrected chi connectivity index (χ2v) is 6.42. The van der Waals surface area contributed by atoms with E-state index >= 15 is 0 Å². The molecular weight excluding hydrogens is 375 g/mol. The smallest absolute Gasteiger partial charge is 0.311 e. The van der Waals surface area contributed by atoms with E-state index in [2.05, 4.69) is 5.32 Å². The minimum Gasteiger partial charge on any atom is -0.455 e. The predicted molar refractivity (Wildman–Crippen MR) is 97.9 cm³/mol. The van der Waals surface area contributed by atoms with E-state index in [1.165, 1.54) is 29.2 Å². The maximum atomic E-state index is 13.0. The number of hydrogen-bond donors (Lipinski definition) is 1. The molecule has 2 amide bonds. The molecule has 0 bridgehead atoms. The van der Waals surface area contributed by atoms with Crippen LogP contribution >= 0.6 is 11.6 Å². The highest BCUT2D eigenvalue weighted by Crippen LogP contribution is 2.26. The van der Waals surface area contributed by atoms with Gasteiger partial charge >= 0.3 is 5.97 Å². The molecule has 3 rings (SSSR count). The number of ether oxygens (including phenoxy) is 1. The topological polar surface area (TPSA) is 75.7 Å². The van der Waals surface area contributed by atoms with Crippen molar-refractivity contribution in [3.63, 3.8) is 0 Å². The zero-order valence-electron chi connectivity index (χ0n) is 14.2. The molecule has 1 aliphatic heterocycles. The Morgan fingerprint density at radius 1 is 1.19 bits per heavy atom. The fourth-order valence-electron chi connectivity index (χ4n) is 2.74. The molecule has 1 heterocycles. The van der Waals surface area contributed by atoms with Crippen LogP contribution in [0.25, 0.3) is 0 Å². The van der Waals surface area contributed by atoms with Crippen molar-refractivity contribution in [2.24, 2.45) is 5.92 Å². The minimum atomic E-state index is -0.685. The van der Waals surface area contributed by atoms with Crippen LogP contribution in [0.1, 0.15) is 6.42 Å². The van der Waals surface area contributed by atoms with Crippen molar-refractivity contribution >= 4 is 40.8 Å². The van der Waals surface area contributed by atoms with Crippen LogP contribution < -0.4 is 10.2 Å². The van der Waals surface area contributed by atoms with Crippen molar-refractivity contribution in [1.82, 2.24) is 0 Å². The summed E-state index contributed by atoms with van der Waals surface area (Å²) in [6.07, 6.45) is -0.0255. The van der Waals surface area contributed by atoms with Crippen LogP contribution in [0.4, 0.5) is 15.8 Å². The zero-order valence-corrected chi connectivity index (χ0v) is 14.9. The number of benzene rings is 2. The molecule has 0 aromatic heterocycles. The van der Waals surface area contributed by atoms with E-state index in [0.717, 1.165) is 0 Å². The van der Waals surface area contributed by atoms with Crippen molar-refractivity contribution in [3.8, 4) is 0 Å². The van der Waals surface area contributed by atoms with Crippen molar-refractivity contribution in [3.05, 3.63) is 59.4 Å². The summed E-state index contributed by atoms with van der Waals surface area (Å²) in [6, 6.07) is 12.1. The Kier molecular flexibility index (Phi) is 5.71. The van der Waals surface area contributed by atoms with Crippen LogP contribution in [0.3, 0.4) is 0 Å². The predicted octanol–water partition coefficient (Wildman–Crippen LogP) is 3.01. The van der Waals surface area contributed by atoms with Crippen molar-refractivity contribution in [1.29, 1.82) is 0 Å². The van der Waals surface area contributed by atoms with E-state index in [-0.39, 0.29) is 18.9 Å². The number of carbonyl (C=O) groups excluding carboxylic acids is 3. The third-order valence-electron chi connectivity index (χ3n) is 4.09. The van der Waals surface area contributed by atoms with Crippen LogP contribution in [-0.2, 0) is 19.1 Å². The van der Waals surface area contributed by atoms with Gasteiger partial charge in [-0.15, -0.1) is 0 Å². The Morgan fingerprint density at radius 2 is 1.89 bits per heavy atom. The maximum absolute atomic E-state index is 13.0. The molecule has 0 aliphatic carbocycles. The molecule has 1 saturated heterocycles. The molecular formula is C19H16ClFN2O4. The number of nitrogens with zero attached hydrogens (tertiary/aromatic N) is 1. The molecule has 0 unspecified atom stereocenters. The van der Waals surface area contributed by atoms with E-state index in [0.29, 0.717) is 16.4 Å². The van der Waals surface area contributed by atoms with Crippen LogP contribution in [0.5, 0.6) is 0 Å². The van der Waals surface area contributed by atoms with Gasteiger partial charge in [-0.2, -0.15) is 0 Å². The summed E-state index contributed by atoms with van der Waals surface area (Å²) in [7, 11) is 0. The van der Waals surface area contributed by atoms with Gasteiger partial charge in [0.2, 0.25) is 5.91 Å². The Labute approximate surface area is 159 Å². The lowest BCUT2D eigenvalue weighted by atomic mass is 10.1. The zero-order chi connectivity index (χ0) is 19.4. The van der Waals surface area contributed by atoms with Crippen molar-refractivity contribution < 1.29 is 23.5 Å². The molecule has 8 heteroatoms. The number of hydrogen-bond acceptors (Lipinski definition) is 4. The highest BCUT2D eigenvalue weighted by Gasteiger charge is 2.36. The molecule has 27 heavy (non-hydrogen) atoms. The Hall–Kier alpha value is -2.93. The highest BCUT2D eigenvalue weighted by atomic mass is 35.5. The van der Waals surface area contributed by atoms with Crippen molar-refractivity contribution in [2.45, 2.75) is 6.42 Å². The first-order valence-corrected chi connectivity index (χ1v) is 8.59. The van der Waals surface area contributed by atoms with Gasteiger partial charge in [0, 0.05) is 18.7 Å². The lowest BCUT2D eigenvalue weighted by molar-refractivity contribution is -0.151. The Morgan fingerprint density at radius 3 is 2.59 bits per heavy atom. The van der Waals surface area contributed by atoms with Gasteiger partial charge in [0.25, 0.3) is 5.91 Å². The molecule has 0 spiro atoms. The molecule has 1 N–H and O–H groups in total. The SMILES string of the molecule is O=C(COC(=O)[C@@H]1CC(=O)N(c2ccc(F)cc2)C1)Nc1ccccc1Cl. The number of esters is 1. The molecule has 1 fully saturated rings. The lowest BCUT2D eigenvalue weighted by Gasteiger charge is -2.16. The second-order valence-electron chi connectivity index (χ2n) is 6.02. The number of para-hydroxylation sites is 1. The summed E-state index contributed by atoms with van der Waals surface area (Å²) in [5.41, 5.74) is 0.923. The summed E-state index contributed by atoms with van der Waals surface area (Å²) >= 11 is 5.95. The molecule has 140 valence electrons. The molecule has 2 aromatic carbocycles. The molecule has 1 atom stereocenters. The molecule has 0 saturated carbocycles. The fourth-order valence-corrected chi connectivity index (χ4v) is 2.92. The first-order valence-electron chi connectivity index (χ1n) is 8.21. The fraction of sp³-hybridized carbons (Fsp3) is 0.211. The first kappa shape index (κ1) is 18.8. The van der Waals surface area contributed by atoms with E-state index in [1.807, 2.05) is 0 Å². The third kappa shape index (κ3) is 4.62. The molecule has 2 aromatic rings. The number of amides is 2. The van der Waals surface area contributed by atoms with Gasteiger partial charge in [-0.3, -0.25) is 14.4 Å². The molecule has 6 nitrogen and oxygen atoms in total. The monoisotopic (exact) mass is 390 g/mol. The van der Waals surface area contributed by atoms with E-state index < -0.39 is 30.2 Å². The molecule has 0 radical (unpaired) electrons. The van der Waals surface area contributed by atoms with Crippen LogP contribution in [0, 0.1) is 11.7 Å². The van der Waals surface area contributed by atoms with Crippen LogP contribution in [0.15, 0.2) is 48.5 Å². The standard InChI is InChI=1S/C19H16ClFN2O4/c20-15-3-1-2-4-16(15)22-17(24)11-27-19(26)12-9-18(25)23(10-12)14-7-5-13(21)6-8-14/h1-8,12H,9-11H2,(H,22,24)/t12-/m1/s1. The van der Waals surface area contributed by atoms with Gasteiger partial charge in [-0.25, -0.2) is 4.39 Å². The van der Waals surface area contributed by atoms with Gasteiger partial charge in [0.15, 0.2) is 6.61 Å². The van der Waals surface area contributed by atoms with Crippen LogP contribution in [-0.4, -0.2) is 30.9 Å². The summed E-state index contributed by atoms with van der Waals surface area (Å²) < 4.78 is 18.0. The molecule has 1 aliphatic rings. The summed E-state index contributed by atoms with van der Waals surface area (Å²) in [5.74, 6) is -2.52. The van der Waals surface area contributed by atoms with Gasteiger partial charge in [0.1, 0.15) is 5.82 Å². The van der Waals surface area contributed by atoms with Gasteiger partial charge in [-0.05, 0) is 36.4 Å². The van der Waals surface area contributed by atoms with E-state index in [9.17, 15) is 18.8 Å². The number of rotatable bonds is 5. The highest BCUT2D eigenvalue weighted by molar-refractivity contribution is 6.33. The number of carbonyl (C=O) groups is 3. The summed E-state index contributed by atoms with van der Waals surface area (Å²) in [6.45, 7) is -0.360.